The van der Waals surface area contributed by atoms with Gasteiger partial charge in [-0.05, 0) is 6.07 Å². The normalized spacial score (nSPS) is 10.2. The summed E-state index contributed by atoms with van der Waals surface area (Å²) >= 11 is 0. The summed E-state index contributed by atoms with van der Waals surface area (Å²) in [5.74, 6) is 2.18. The van der Waals surface area contributed by atoms with Crippen molar-refractivity contribution in [3.63, 3.8) is 0 Å². The molecule has 7 heteroatoms. The number of halogens is 1. The number of rotatable bonds is 6. The number of benzene rings is 1. The van der Waals surface area contributed by atoms with Gasteiger partial charge in [-0.15, -0.1) is 30.4 Å². The zero-order valence-electron chi connectivity index (χ0n) is 11.8. The van der Waals surface area contributed by atoms with Crippen molar-refractivity contribution in [3.05, 3.63) is 29.8 Å². The number of nitrogens with one attached hydrogen (secondary N) is 2. The van der Waals surface area contributed by atoms with Crippen molar-refractivity contribution >= 4 is 41.5 Å². The van der Waals surface area contributed by atoms with Crippen LogP contribution in [0.5, 0.6) is 0 Å². The van der Waals surface area contributed by atoms with E-state index < -0.39 is 0 Å². The second kappa shape index (κ2) is 10.9. The smallest absolute Gasteiger partial charge is 0.242 e. The molecule has 0 aliphatic carbocycles. The van der Waals surface area contributed by atoms with Gasteiger partial charge in [-0.25, -0.2) is 4.99 Å². The highest BCUT2D eigenvalue weighted by atomic mass is 127. The standard InChI is InChI=1S/C14H18N4O2.HI/c1-3-8-16-13(19)9-17-14(15)18-12-7-5-4-6-11(12)10-20-2;/h1,4-7H,8-10H2,2H3,(H,16,19)(H3,15,17,18);1H. The molecule has 0 bridgehead atoms. The van der Waals surface area contributed by atoms with Crippen molar-refractivity contribution in [3.8, 4) is 12.3 Å². The van der Waals surface area contributed by atoms with Gasteiger partial charge in [0.25, 0.3) is 0 Å². The highest BCUT2D eigenvalue weighted by molar-refractivity contribution is 14.0. The largest absolute Gasteiger partial charge is 0.380 e. The molecule has 0 aliphatic rings. The van der Waals surface area contributed by atoms with Crippen molar-refractivity contribution in [1.82, 2.24) is 5.32 Å². The summed E-state index contributed by atoms with van der Waals surface area (Å²) in [5, 5.41) is 5.43. The van der Waals surface area contributed by atoms with Crippen LogP contribution in [0.3, 0.4) is 0 Å². The summed E-state index contributed by atoms with van der Waals surface area (Å²) in [6, 6.07) is 7.54. The van der Waals surface area contributed by atoms with Crippen LogP contribution >= 0.6 is 24.0 Å². The Morgan fingerprint density at radius 1 is 1.48 bits per heavy atom. The summed E-state index contributed by atoms with van der Waals surface area (Å²) in [7, 11) is 1.62. The van der Waals surface area contributed by atoms with Crippen LogP contribution in [-0.2, 0) is 16.1 Å². The molecule has 4 N–H and O–H groups in total. The van der Waals surface area contributed by atoms with E-state index in [2.05, 4.69) is 21.5 Å². The van der Waals surface area contributed by atoms with Gasteiger partial charge in [0.1, 0.15) is 6.54 Å². The van der Waals surface area contributed by atoms with Crippen molar-refractivity contribution in [1.29, 1.82) is 0 Å². The van der Waals surface area contributed by atoms with E-state index in [0.29, 0.717) is 6.61 Å². The molecule has 0 radical (unpaired) electrons. The minimum absolute atomic E-state index is 0. The van der Waals surface area contributed by atoms with E-state index in [1.54, 1.807) is 7.11 Å². The molecular formula is C14H19IN4O2. The monoisotopic (exact) mass is 402 g/mol. The predicted octanol–water partition coefficient (Wildman–Crippen LogP) is 0.927. The Morgan fingerprint density at radius 3 is 2.86 bits per heavy atom. The third kappa shape index (κ3) is 7.53. The molecule has 0 fully saturated rings. The molecule has 1 aromatic carbocycles. The first-order chi connectivity index (χ1) is 9.67. The Kier molecular flexibility index (Phi) is 10.0. The fraction of sp³-hybridized carbons (Fsp3) is 0.286. The molecule has 114 valence electrons. The van der Waals surface area contributed by atoms with Crippen molar-refractivity contribution < 1.29 is 9.53 Å². The Bertz CT molecular complexity index is 526. The summed E-state index contributed by atoms with van der Waals surface area (Å²) in [5.41, 5.74) is 7.47. The van der Waals surface area contributed by atoms with Crippen LogP contribution < -0.4 is 16.4 Å². The number of hydrogen-bond donors (Lipinski definition) is 3. The average molecular weight is 402 g/mol. The lowest BCUT2D eigenvalue weighted by molar-refractivity contribution is -0.119. The molecule has 0 aliphatic heterocycles. The Morgan fingerprint density at radius 2 is 2.19 bits per heavy atom. The number of aliphatic imine (C=N–C) groups is 1. The number of guanidine groups is 1. The fourth-order valence-electron chi connectivity index (χ4n) is 1.46. The van der Waals surface area contributed by atoms with Gasteiger partial charge in [-0.3, -0.25) is 4.79 Å². The fourth-order valence-corrected chi connectivity index (χ4v) is 1.46. The van der Waals surface area contributed by atoms with Crippen LogP contribution in [0, 0.1) is 12.3 Å². The molecule has 0 heterocycles. The minimum atomic E-state index is -0.280. The Balaban J connectivity index is 0.00000400. The van der Waals surface area contributed by atoms with E-state index in [1.807, 2.05) is 24.3 Å². The number of hydrogen-bond acceptors (Lipinski definition) is 3. The summed E-state index contributed by atoms with van der Waals surface area (Å²) < 4.78 is 5.09. The molecule has 1 amide bonds. The van der Waals surface area contributed by atoms with Crippen LogP contribution in [-0.4, -0.2) is 32.1 Å². The Labute approximate surface area is 141 Å². The van der Waals surface area contributed by atoms with Gasteiger partial charge in [0, 0.05) is 18.4 Å². The van der Waals surface area contributed by atoms with E-state index in [9.17, 15) is 4.79 Å². The Hall–Kier alpha value is -1.79. The lowest BCUT2D eigenvalue weighted by Gasteiger charge is -2.10. The summed E-state index contributed by atoms with van der Waals surface area (Å²) in [6.45, 7) is 0.560. The van der Waals surface area contributed by atoms with Crippen LogP contribution in [0.2, 0.25) is 0 Å². The number of ether oxygens (including phenoxy) is 1. The average Bonchev–Trinajstić information content (AvgIpc) is 2.45. The predicted molar refractivity (Wildman–Crippen MR) is 94.5 cm³/mol. The molecule has 21 heavy (non-hydrogen) atoms. The van der Waals surface area contributed by atoms with E-state index in [1.165, 1.54) is 0 Å². The lowest BCUT2D eigenvalue weighted by atomic mass is 10.2. The molecular weight excluding hydrogens is 383 g/mol. The number of terminal acetylenes is 1. The first-order valence-corrected chi connectivity index (χ1v) is 6.01. The quantitative estimate of drug-likeness (QED) is 0.286. The maximum atomic E-state index is 11.3. The zero-order valence-corrected chi connectivity index (χ0v) is 14.1. The SMILES string of the molecule is C#CCNC(=O)CN=C(N)Nc1ccccc1COC.I. The van der Waals surface area contributed by atoms with Gasteiger partial charge < -0.3 is 21.1 Å². The molecule has 0 unspecified atom stereocenters. The number of para-hydroxylation sites is 1. The highest BCUT2D eigenvalue weighted by Crippen LogP contribution is 2.15. The van der Waals surface area contributed by atoms with E-state index in [4.69, 9.17) is 16.9 Å². The molecule has 0 spiro atoms. The van der Waals surface area contributed by atoms with Crippen LogP contribution in [0.4, 0.5) is 5.69 Å². The maximum Gasteiger partial charge on any atom is 0.242 e. The lowest BCUT2D eigenvalue weighted by Crippen LogP contribution is -2.29. The molecule has 0 aromatic heterocycles. The third-order valence-electron chi connectivity index (χ3n) is 2.36. The van der Waals surface area contributed by atoms with Gasteiger partial charge in [-0.2, -0.15) is 0 Å². The van der Waals surface area contributed by atoms with Gasteiger partial charge >= 0.3 is 0 Å². The molecule has 0 saturated carbocycles. The van der Waals surface area contributed by atoms with Gasteiger partial charge in [0.05, 0.1) is 13.2 Å². The number of amides is 1. The second-order valence-electron chi connectivity index (χ2n) is 3.90. The van der Waals surface area contributed by atoms with Gasteiger partial charge in [-0.1, -0.05) is 24.1 Å². The van der Waals surface area contributed by atoms with E-state index in [-0.39, 0.29) is 48.9 Å². The number of carbonyl (C=O) groups excluding carboxylic acids is 1. The molecule has 1 aromatic rings. The van der Waals surface area contributed by atoms with Crippen molar-refractivity contribution in [2.24, 2.45) is 10.7 Å². The second-order valence-corrected chi connectivity index (χ2v) is 3.90. The summed E-state index contributed by atoms with van der Waals surface area (Å²) in [4.78, 5) is 15.2. The van der Waals surface area contributed by atoms with Gasteiger partial charge in [0.2, 0.25) is 5.91 Å². The van der Waals surface area contributed by atoms with Crippen LogP contribution in [0.25, 0.3) is 0 Å². The maximum absolute atomic E-state index is 11.3. The molecule has 1 rings (SSSR count). The van der Waals surface area contributed by atoms with Crippen molar-refractivity contribution in [2.75, 3.05) is 25.5 Å². The molecule has 6 nitrogen and oxygen atoms in total. The third-order valence-corrected chi connectivity index (χ3v) is 2.36. The first kappa shape index (κ1) is 19.2. The number of nitrogens with two attached hydrogens (primary N) is 1. The number of anilines is 1. The van der Waals surface area contributed by atoms with E-state index >= 15 is 0 Å². The summed E-state index contributed by atoms with van der Waals surface area (Å²) in [6.07, 6.45) is 5.03. The topological polar surface area (TPSA) is 88.7 Å². The van der Waals surface area contributed by atoms with Crippen LogP contribution in [0.1, 0.15) is 5.56 Å². The van der Waals surface area contributed by atoms with Crippen LogP contribution in [0.15, 0.2) is 29.3 Å². The molecule has 0 atom stereocenters. The molecule has 0 saturated heterocycles. The van der Waals surface area contributed by atoms with E-state index in [0.717, 1.165) is 11.3 Å². The first-order valence-electron chi connectivity index (χ1n) is 6.01. The minimum Gasteiger partial charge on any atom is -0.380 e. The van der Waals surface area contributed by atoms with Crippen molar-refractivity contribution in [2.45, 2.75) is 6.61 Å². The number of nitrogens with zero attached hydrogens (tertiary/aromatic N) is 1. The number of methoxy groups -OCH3 is 1. The van der Waals surface area contributed by atoms with Gasteiger partial charge in [0.15, 0.2) is 5.96 Å². The zero-order chi connectivity index (χ0) is 14.8. The number of carbonyl (C=O) groups is 1. The highest BCUT2D eigenvalue weighted by Gasteiger charge is 2.03.